The Hall–Kier alpha value is -1.04. The van der Waals surface area contributed by atoms with Gasteiger partial charge in [-0.2, -0.15) is 4.31 Å². The van der Waals surface area contributed by atoms with Gasteiger partial charge in [0.1, 0.15) is 0 Å². The Morgan fingerprint density at radius 2 is 1.21 bits per heavy atom. The van der Waals surface area contributed by atoms with Gasteiger partial charge in [0, 0.05) is 0 Å². The Labute approximate surface area is 237 Å². The number of hydrogen-bond donors (Lipinski definition) is 3. The topological polar surface area (TPSA) is 113 Å². The van der Waals surface area contributed by atoms with Crippen molar-refractivity contribution in [2.45, 2.75) is 107 Å². The van der Waals surface area contributed by atoms with E-state index in [4.69, 9.17) is 14.3 Å². The largest absolute Gasteiger partial charge is 0.481 e. The first-order chi connectivity index (χ1) is 17.9. The standard InChI is InChI=1S/C30H52O7P2/c1-23(2)13-9-15-25(5)17-11-18-27(7)21-28-29(22-36-39(34,35)37-38(31,32)33)30(28,8)20-12-19-26(6)16-10-14-24(3)4/h13-14,17,19,21,28-29H,9-12,15-16,18,20,22H2,1-8H3,(H,34,35)(H2,31,32,33)/b25-17+,26-19+,27-21+/t28-,29-,30-/m0/s1. The Kier molecular flexibility index (Phi) is 15.1. The number of allylic oxidation sites excluding steroid dienone is 10. The second-order valence-electron chi connectivity index (χ2n) is 11.8. The first-order valence-electron chi connectivity index (χ1n) is 13.9. The fourth-order valence-electron chi connectivity index (χ4n) is 4.93. The lowest BCUT2D eigenvalue weighted by Crippen LogP contribution is -2.04. The molecule has 0 radical (unpaired) electrons. The summed E-state index contributed by atoms with van der Waals surface area (Å²) in [4.78, 5) is 27.6. The van der Waals surface area contributed by atoms with Gasteiger partial charge in [0.15, 0.2) is 0 Å². The van der Waals surface area contributed by atoms with Crippen molar-refractivity contribution in [1.29, 1.82) is 0 Å². The van der Waals surface area contributed by atoms with Crippen LogP contribution in [0.1, 0.15) is 107 Å². The molecule has 7 nitrogen and oxygen atoms in total. The number of phosphoric acid groups is 2. The molecule has 0 heterocycles. The van der Waals surface area contributed by atoms with Crippen molar-refractivity contribution in [3.63, 3.8) is 0 Å². The average Bonchev–Trinajstić information content (AvgIpc) is 3.31. The van der Waals surface area contributed by atoms with Crippen molar-refractivity contribution in [2.24, 2.45) is 17.3 Å². The molecule has 0 saturated heterocycles. The third-order valence-corrected chi connectivity index (χ3v) is 9.57. The highest BCUT2D eigenvalue weighted by molar-refractivity contribution is 7.60. The van der Waals surface area contributed by atoms with Gasteiger partial charge in [-0.15, -0.1) is 0 Å². The zero-order chi connectivity index (χ0) is 29.9. The molecule has 1 unspecified atom stereocenters. The van der Waals surface area contributed by atoms with Gasteiger partial charge in [-0.05, 0) is 117 Å². The van der Waals surface area contributed by atoms with Gasteiger partial charge in [-0.25, -0.2) is 9.13 Å². The molecule has 0 aromatic heterocycles. The maximum Gasteiger partial charge on any atom is 0.481 e. The molecule has 0 spiro atoms. The molecule has 1 saturated carbocycles. The van der Waals surface area contributed by atoms with Gasteiger partial charge in [-0.3, -0.25) is 4.52 Å². The highest BCUT2D eigenvalue weighted by atomic mass is 31.3. The molecule has 224 valence electrons. The molecule has 0 aromatic rings. The molecule has 0 aliphatic heterocycles. The summed E-state index contributed by atoms with van der Waals surface area (Å²) in [5.74, 6) is 0.101. The van der Waals surface area contributed by atoms with Crippen LogP contribution in [0.25, 0.3) is 0 Å². The monoisotopic (exact) mass is 586 g/mol. The Morgan fingerprint density at radius 3 is 1.69 bits per heavy atom. The summed E-state index contributed by atoms with van der Waals surface area (Å²) in [6.07, 6.45) is 19.1. The minimum absolute atomic E-state index is 0.0472. The van der Waals surface area contributed by atoms with E-state index in [0.29, 0.717) is 0 Å². The summed E-state index contributed by atoms with van der Waals surface area (Å²) in [7, 11) is -10.0. The maximum absolute atomic E-state index is 12.0. The summed E-state index contributed by atoms with van der Waals surface area (Å²) < 4.78 is 32.1. The molecular formula is C30H52O7P2. The fraction of sp³-hybridized carbons (Fsp3) is 0.667. The molecule has 1 aliphatic rings. The molecule has 1 rings (SSSR count). The van der Waals surface area contributed by atoms with Gasteiger partial charge in [0.05, 0.1) is 6.61 Å². The first-order valence-corrected chi connectivity index (χ1v) is 17.0. The van der Waals surface area contributed by atoms with Crippen LogP contribution in [0.5, 0.6) is 0 Å². The summed E-state index contributed by atoms with van der Waals surface area (Å²) in [5.41, 5.74) is 6.50. The summed E-state index contributed by atoms with van der Waals surface area (Å²) >= 11 is 0. The maximum atomic E-state index is 12.0. The molecule has 3 N–H and O–H groups in total. The van der Waals surface area contributed by atoms with E-state index < -0.39 is 15.6 Å². The van der Waals surface area contributed by atoms with E-state index in [1.807, 2.05) is 0 Å². The highest BCUT2D eigenvalue weighted by Gasteiger charge is 2.59. The van der Waals surface area contributed by atoms with E-state index in [-0.39, 0.29) is 23.9 Å². The molecule has 39 heavy (non-hydrogen) atoms. The van der Waals surface area contributed by atoms with Crippen molar-refractivity contribution >= 4 is 15.6 Å². The third-order valence-electron chi connectivity index (χ3n) is 7.41. The lowest BCUT2D eigenvalue weighted by atomic mass is 9.95. The van der Waals surface area contributed by atoms with Crippen molar-refractivity contribution in [1.82, 2.24) is 0 Å². The van der Waals surface area contributed by atoms with Gasteiger partial charge in [0.25, 0.3) is 0 Å². The van der Waals surface area contributed by atoms with Crippen LogP contribution in [0.2, 0.25) is 0 Å². The lowest BCUT2D eigenvalue weighted by Gasteiger charge is -2.14. The Balaban J connectivity index is 2.85. The van der Waals surface area contributed by atoms with E-state index >= 15 is 0 Å². The normalized spacial score (nSPS) is 23.8. The summed E-state index contributed by atoms with van der Waals surface area (Å²) in [6.45, 7) is 16.9. The van der Waals surface area contributed by atoms with Gasteiger partial charge >= 0.3 is 15.6 Å². The van der Waals surface area contributed by atoms with Crippen LogP contribution >= 0.6 is 15.6 Å². The van der Waals surface area contributed by atoms with Crippen molar-refractivity contribution in [2.75, 3.05) is 6.61 Å². The molecule has 1 aliphatic carbocycles. The first kappa shape index (κ1) is 36.0. The third kappa shape index (κ3) is 15.5. The number of phosphoric ester groups is 1. The zero-order valence-corrected chi connectivity index (χ0v) is 27.1. The van der Waals surface area contributed by atoms with E-state index in [1.54, 1.807) is 0 Å². The van der Waals surface area contributed by atoms with Crippen LogP contribution in [0, 0.1) is 17.3 Å². The van der Waals surface area contributed by atoms with Crippen LogP contribution in [-0.4, -0.2) is 21.3 Å². The van der Waals surface area contributed by atoms with Crippen LogP contribution in [0.4, 0.5) is 0 Å². The molecule has 4 atom stereocenters. The minimum Gasteiger partial charge on any atom is -0.302 e. The molecule has 9 heteroatoms. The quantitative estimate of drug-likeness (QED) is 0.108. The van der Waals surface area contributed by atoms with Gasteiger partial charge in [0.2, 0.25) is 0 Å². The SMILES string of the molecule is CC(C)=CCC/C(C)=C/CC/C(C)=C/[C@H]1[C@H](COP(=O)(O)OP(=O)(O)O)[C@@]1(C)CC/C=C(\C)CCC=C(C)C. The summed E-state index contributed by atoms with van der Waals surface area (Å²) in [6, 6.07) is 0. The van der Waals surface area contributed by atoms with Crippen LogP contribution < -0.4 is 0 Å². The average molecular weight is 587 g/mol. The van der Waals surface area contributed by atoms with Crippen molar-refractivity contribution in [3.8, 4) is 0 Å². The van der Waals surface area contributed by atoms with Gasteiger partial charge in [-0.1, -0.05) is 65.2 Å². The van der Waals surface area contributed by atoms with E-state index in [9.17, 15) is 14.0 Å². The summed E-state index contributed by atoms with van der Waals surface area (Å²) in [5, 5.41) is 0. The van der Waals surface area contributed by atoms with Crippen LogP contribution in [0.3, 0.4) is 0 Å². The van der Waals surface area contributed by atoms with Crippen LogP contribution in [-0.2, 0) is 18.0 Å². The van der Waals surface area contributed by atoms with Gasteiger partial charge < -0.3 is 14.7 Å². The molecule has 1 fully saturated rings. The second-order valence-corrected chi connectivity index (χ2v) is 14.6. The van der Waals surface area contributed by atoms with E-state index in [1.165, 1.54) is 27.9 Å². The van der Waals surface area contributed by atoms with Crippen molar-refractivity contribution < 1.29 is 32.6 Å². The van der Waals surface area contributed by atoms with Crippen molar-refractivity contribution in [3.05, 3.63) is 58.2 Å². The molecule has 0 aromatic carbocycles. The predicted octanol–water partition coefficient (Wildman–Crippen LogP) is 9.36. The molecule has 0 amide bonds. The predicted molar refractivity (Wildman–Crippen MR) is 161 cm³/mol. The van der Waals surface area contributed by atoms with E-state index in [2.05, 4.69) is 90.1 Å². The second kappa shape index (κ2) is 16.4. The number of rotatable bonds is 18. The number of hydrogen-bond acceptors (Lipinski definition) is 4. The smallest absolute Gasteiger partial charge is 0.302 e. The minimum atomic E-state index is -5.15. The van der Waals surface area contributed by atoms with E-state index in [0.717, 1.165) is 51.4 Å². The molecular weight excluding hydrogens is 534 g/mol. The Morgan fingerprint density at radius 1 is 0.744 bits per heavy atom. The highest BCUT2D eigenvalue weighted by Crippen LogP contribution is 2.65. The molecule has 0 bridgehead atoms. The fourth-order valence-corrected chi connectivity index (χ4v) is 6.54. The Bertz CT molecular complexity index is 1040. The lowest BCUT2D eigenvalue weighted by molar-refractivity contribution is 0.166. The van der Waals surface area contributed by atoms with Crippen LogP contribution in [0.15, 0.2) is 58.2 Å². The zero-order valence-electron chi connectivity index (χ0n) is 25.3.